The van der Waals surface area contributed by atoms with Crippen LogP contribution in [0.25, 0.3) is 32.9 Å². The van der Waals surface area contributed by atoms with E-state index in [-0.39, 0.29) is 34.4 Å². The van der Waals surface area contributed by atoms with Gasteiger partial charge in [0.2, 0.25) is 0 Å². The first kappa shape index (κ1) is 21.2. The van der Waals surface area contributed by atoms with Crippen LogP contribution in [0.1, 0.15) is 21.6 Å². The number of halogens is 1. The van der Waals surface area contributed by atoms with Crippen molar-refractivity contribution in [3.05, 3.63) is 91.5 Å². The van der Waals surface area contributed by atoms with Gasteiger partial charge in [0.25, 0.3) is 11.1 Å². The molecule has 0 amide bonds. The lowest BCUT2D eigenvalue weighted by atomic mass is 10.0. The zero-order valence-electron chi connectivity index (χ0n) is 18.1. The molecule has 10 heteroatoms. The molecule has 0 radical (unpaired) electrons. The Morgan fingerprint density at radius 3 is 2.77 bits per heavy atom. The van der Waals surface area contributed by atoms with Crippen LogP contribution in [0.2, 0.25) is 5.02 Å². The maximum absolute atomic E-state index is 12.8. The summed E-state index contributed by atoms with van der Waals surface area (Å²) in [4.78, 5) is 47.0. The summed E-state index contributed by atoms with van der Waals surface area (Å²) in [6.07, 6.45) is 5.14. The van der Waals surface area contributed by atoms with E-state index in [1.54, 1.807) is 22.8 Å². The van der Waals surface area contributed by atoms with Crippen LogP contribution in [0, 0.1) is 0 Å². The molecule has 1 aromatic carbocycles. The molecule has 0 aliphatic carbocycles. The number of aromatic amines is 2. The summed E-state index contributed by atoms with van der Waals surface area (Å²) in [6.45, 7) is 0.526. The van der Waals surface area contributed by atoms with E-state index in [1.807, 2.05) is 12.1 Å². The quantitative estimate of drug-likeness (QED) is 0.354. The lowest BCUT2D eigenvalue weighted by Gasteiger charge is -2.12. The molecular weight excluding hydrogens is 472 g/mol. The highest BCUT2D eigenvalue weighted by Crippen LogP contribution is 2.43. The Balaban J connectivity index is 1.68. The zero-order chi connectivity index (χ0) is 24.3. The molecule has 1 aliphatic rings. The molecule has 0 spiro atoms. The highest BCUT2D eigenvalue weighted by molar-refractivity contribution is 6.36. The van der Waals surface area contributed by atoms with E-state index in [2.05, 4.69) is 15.0 Å². The Hall–Kier alpha value is -4.37. The molecule has 9 nitrogen and oxygen atoms in total. The van der Waals surface area contributed by atoms with E-state index in [0.717, 1.165) is 5.56 Å². The summed E-state index contributed by atoms with van der Waals surface area (Å²) >= 11 is 6.66. The molecule has 35 heavy (non-hydrogen) atoms. The number of carboxylic acids is 1. The number of carboxylic acid groups (broad SMARTS) is 1. The van der Waals surface area contributed by atoms with Gasteiger partial charge in [0.1, 0.15) is 17.0 Å². The Morgan fingerprint density at radius 2 is 1.97 bits per heavy atom. The van der Waals surface area contributed by atoms with Crippen molar-refractivity contribution in [1.29, 1.82) is 0 Å². The molecule has 1 aliphatic heterocycles. The normalized spacial score (nSPS) is 12.7. The van der Waals surface area contributed by atoms with Gasteiger partial charge in [-0.1, -0.05) is 17.7 Å². The number of aromatic carboxylic acids is 1. The Kier molecular flexibility index (Phi) is 4.75. The van der Waals surface area contributed by atoms with Crippen LogP contribution in [0.3, 0.4) is 0 Å². The smallest absolute Gasteiger partial charge is 0.353 e. The SMILES string of the molecule is O=C(O)c1c(-c2ccc[nH]c2=O)c2c3c(ccc2n1Cc1cnc2c(=O)[nH]ccc2c1Cl)CCO3. The van der Waals surface area contributed by atoms with E-state index in [4.69, 9.17) is 16.3 Å². The maximum Gasteiger partial charge on any atom is 0.353 e. The molecule has 0 atom stereocenters. The number of aromatic nitrogens is 4. The third-order valence-electron chi connectivity index (χ3n) is 6.30. The summed E-state index contributed by atoms with van der Waals surface area (Å²) < 4.78 is 7.51. The lowest BCUT2D eigenvalue weighted by Crippen LogP contribution is -2.14. The third kappa shape index (κ3) is 3.16. The van der Waals surface area contributed by atoms with Crippen molar-refractivity contribution in [3.63, 3.8) is 0 Å². The summed E-state index contributed by atoms with van der Waals surface area (Å²) in [7, 11) is 0. The average molecular weight is 489 g/mol. The molecule has 6 rings (SSSR count). The number of hydrogen-bond donors (Lipinski definition) is 3. The number of ether oxygens (including phenoxy) is 1. The Labute approximate surface area is 201 Å². The van der Waals surface area contributed by atoms with Crippen molar-refractivity contribution in [3.8, 4) is 16.9 Å². The Bertz CT molecular complexity index is 1800. The van der Waals surface area contributed by atoms with E-state index < -0.39 is 11.5 Å². The minimum Gasteiger partial charge on any atom is -0.492 e. The number of benzene rings is 1. The van der Waals surface area contributed by atoms with Crippen molar-refractivity contribution in [2.24, 2.45) is 0 Å². The molecule has 0 fully saturated rings. The number of nitrogens with zero attached hydrogens (tertiary/aromatic N) is 2. The van der Waals surface area contributed by atoms with Gasteiger partial charge in [0, 0.05) is 41.5 Å². The van der Waals surface area contributed by atoms with E-state index in [1.165, 1.54) is 18.6 Å². The third-order valence-corrected chi connectivity index (χ3v) is 6.75. The first-order valence-corrected chi connectivity index (χ1v) is 11.2. The topological polar surface area (TPSA) is 130 Å². The van der Waals surface area contributed by atoms with Gasteiger partial charge in [-0.3, -0.25) is 9.59 Å². The van der Waals surface area contributed by atoms with E-state index in [9.17, 15) is 19.5 Å². The van der Waals surface area contributed by atoms with Crippen molar-refractivity contribution >= 4 is 39.4 Å². The fraction of sp³-hybridized carbons (Fsp3) is 0.120. The van der Waals surface area contributed by atoms with Gasteiger partial charge in [-0.05, 0) is 29.8 Å². The molecule has 3 N–H and O–H groups in total. The number of rotatable bonds is 4. The monoisotopic (exact) mass is 488 g/mol. The number of pyridine rings is 3. The second-order valence-electron chi connectivity index (χ2n) is 8.24. The summed E-state index contributed by atoms with van der Waals surface area (Å²) in [6, 6.07) is 8.64. The molecule has 174 valence electrons. The fourth-order valence-electron chi connectivity index (χ4n) is 4.78. The predicted octanol–water partition coefficient (Wildman–Crippen LogP) is 3.57. The van der Waals surface area contributed by atoms with Crippen LogP contribution in [-0.4, -0.2) is 37.2 Å². The van der Waals surface area contributed by atoms with E-state index >= 15 is 0 Å². The van der Waals surface area contributed by atoms with Crippen LogP contribution in [0.4, 0.5) is 0 Å². The fourth-order valence-corrected chi connectivity index (χ4v) is 5.04. The van der Waals surface area contributed by atoms with Gasteiger partial charge in [-0.2, -0.15) is 0 Å². The van der Waals surface area contributed by atoms with Gasteiger partial charge >= 0.3 is 5.97 Å². The molecule has 0 unspecified atom stereocenters. The van der Waals surface area contributed by atoms with Gasteiger partial charge in [-0.25, -0.2) is 9.78 Å². The number of nitrogens with one attached hydrogen (secondary N) is 2. The molecule has 0 bridgehead atoms. The molecule has 5 heterocycles. The van der Waals surface area contributed by atoms with Gasteiger partial charge < -0.3 is 24.4 Å². The number of H-pyrrole nitrogens is 2. The lowest BCUT2D eigenvalue weighted by molar-refractivity contribution is 0.0687. The van der Waals surface area contributed by atoms with Crippen LogP contribution >= 0.6 is 11.6 Å². The second-order valence-corrected chi connectivity index (χ2v) is 8.62. The highest BCUT2D eigenvalue weighted by atomic mass is 35.5. The molecule has 5 aromatic rings. The van der Waals surface area contributed by atoms with Crippen LogP contribution in [0.5, 0.6) is 5.75 Å². The zero-order valence-corrected chi connectivity index (χ0v) is 18.8. The molecule has 0 saturated heterocycles. The Morgan fingerprint density at radius 1 is 1.14 bits per heavy atom. The highest BCUT2D eigenvalue weighted by Gasteiger charge is 2.30. The largest absolute Gasteiger partial charge is 0.492 e. The average Bonchev–Trinajstić information content (AvgIpc) is 3.44. The van der Waals surface area contributed by atoms with Gasteiger partial charge in [-0.15, -0.1) is 0 Å². The first-order valence-electron chi connectivity index (χ1n) is 10.8. The van der Waals surface area contributed by atoms with Gasteiger partial charge in [0.15, 0.2) is 0 Å². The van der Waals surface area contributed by atoms with E-state index in [0.29, 0.717) is 45.7 Å². The van der Waals surface area contributed by atoms with Crippen molar-refractivity contribution in [1.82, 2.24) is 19.5 Å². The second kappa shape index (κ2) is 7.85. The van der Waals surface area contributed by atoms with Gasteiger partial charge in [0.05, 0.1) is 34.6 Å². The number of hydrogen-bond acceptors (Lipinski definition) is 5. The summed E-state index contributed by atoms with van der Waals surface area (Å²) in [5.74, 6) is -0.621. The maximum atomic E-state index is 12.8. The van der Waals surface area contributed by atoms with Crippen LogP contribution in [-0.2, 0) is 13.0 Å². The standard InChI is InChI=1S/C25H17ClN4O5/c26-19-13(10-29-20-15(19)5-8-28-24(20)32)11-30-16-4-3-12-6-9-35-22(12)18(16)17(21(30)25(33)34)14-2-1-7-27-23(14)31/h1-5,7-8,10H,6,9,11H2,(H,27,31)(H,28,32)(H,33,34). The number of carbonyl (C=O) groups is 1. The predicted molar refractivity (Wildman–Crippen MR) is 131 cm³/mol. The van der Waals surface area contributed by atoms with Crippen molar-refractivity contribution in [2.75, 3.05) is 6.61 Å². The summed E-state index contributed by atoms with van der Waals surface area (Å²) in [5, 5.41) is 11.7. The van der Waals surface area contributed by atoms with Crippen molar-refractivity contribution < 1.29 is 14.6 Å². The van der Waals surface area contributed by atoms with Crippen LogP contribution in [0.15, 0.2) is 58.5 Å². The minimum absolute atomic E-state index is 0.0518. The first-order chi connectivity index (χ1) is 17.0. The van der Waals surface area contributed by atoms with Crippen LogP contribution < -0.4 is 15.9 Å². The summed E-state index contributed by atoms with van der Waals surface area (Å²) in [5.41, 5.74) is 1.93. The minimum atomic E-state index is -1.20. The molecule has 4 aromatic heterocycles. The molecule has 0 saturated carbocycles. The molecular formula is C25H17ClN4O5. The van der Waals surface area contributed by atoms with Crippen molar-refractivity contribution in [2.45, 2.75) is 13.0 Å². The number of fused-ring (bicyclic) bond motifs is 4.